The minimum absolute atomic E-state index is 0.818. The van der Waals surface area contributed by atoms with Crippen molar-refractivity contribution < 1.29 is 4.43 Å². The Hall–Kier alpha value is 0.527. The summed E-state index contributed by atoms with van der Waals surface area (Å²) in [6, 6.07) is 1.39. The van der Waals surface area contributed by atoms with Gasteiger partial charge in [-0.1, -0.05) is 19.8 Å². The van der Waals surface area contributed by atoms with E-state index in [2.05, 4.69) is 19.6 Å². The molecule has 1 aliphatic heterocycles. The molecule has 0 saturated carbocycles. The van der Waals surface area contributed by atoms with E-state index < -0.39 is 9.04 Å². The van der Waals surface area contributed by atoms with E-state index in [0.29, 0.717) is 0 Å². The summed E-state index contributed by atoms with van der Waals surface area (Å²) >= 11 is 4.36. The number of hydrogen-bond acceptors (Lipinski definition) is 2. The third-order valence-corrected chi connectivity index (χ3v) is 6.77. The van der Waals surface area contributed by atoms with Gasteiger partial charge in [-0.05, 0) is 23.8 Å². The zero-order valence-electron chi connectivity index (χ0n) is 7.25. The SMILES string of the molecule is CCC(CS)[SiH]1CCCCO1. The van der Waals surface area contributed by atoms with Crippen molar-refractivity contribution in [3.63, 3.8) is 0 Å². The molecule has 0 aromatic rings. The highest BCUT2D eigenvalue weighted by Gasteiger charge is 2.23. The van der Waals surface area contributed by atoms with Crippen molar-refractivity contribution in [3.8, 4) is 0 Å². The molecule has 1 nitrogen and oxygen atoms in total. The molecule has 0 N–H and O–H groups in total. The first kappa shape index (κ1) is 9.61. The number of thiol groups is 1. The van der Waals surface area contributed by atoms with Crippen molar-refractivity contribution in [3.05, 3.63) is 0 Å². The summed E-state index contributed by atoms with van der Waals surface area (Å²) in [6.07, 6.45) is 3.95. The van der Waals surface area contributed by atoms with E-state index in [1.54, 1.807) is 0 Å². The van der Waals surface area contributed by atoms with Crippen LogP contribution in [0.5, 0.6) is 0 Å². The molecular formula is C8H18OSSi. The fraction of sp³-hybridized carbons (Fsp3) is 1.00. The second-order valence-electron chi connectivity index (χ2n) is 3.26. The third-order valence-electron chi connectivity index (χ3n) is 2.50. The Labute approximate surface area is 76.7 Å². The van der Waals surface area contributed by atoms with E-state index in [1.165, 1.54) is 25.3 Å². The largest absolute Gasteiger partial charge is 0.420 e. The van der Waals surface area contributed by atoms with Crippen LogP contribution in [0.15, 0.2) is 0 Å². The lowest BCUT2D eigenvalue weighted by atomic mass is 10.3. The molecule has 1 aliphatic rings. The second kappa shape index (κ2) is 5.22. The lowest BCUT2D eigenvalue weighted by Crippen LogP contribution is -2.29. The standard InChI is InChI=1S/C8H18OSSi/c1-2-8(7-10)11-6-4-3-5-9-11/h8,10-11H,2-7H2,1H3. The van der Waals surface area contributed by atoms with Crippen molar-refractivity contribution in [2.75, 3.05) is 12.4 Å². The van der Waals surface area contributed by atoms with E-state index in [0.717, 1.165) is 17.9 Å². The Morgan fingerprint density at radius 1 is 1.55 bits per heavy atom. The number of rotatable bonds is 3. The Balaban J connectivity index is 2.30. The van der Waals surface area contributed by atoms with Crippen molar-refractivity contribution in [1.82, 2.24) is 0 Å². The van der Waals surface area contributed by atoms with Gasteiger partial charge in [0.1, 0.15) is 0 Å². The van der Waals surface area contributed by atoms with E-state index in [9.17, 15) is 0 Å². The van der Waals surface area contributed by atoms with Crippen molar-refractivity contribution in [1.29, 1.82) is 0 Å². The number of hydrogen-bond donors (Lipinski definition) is 1. The molecular weight excluding hydrogens is 172 g/mol. The van der Waals surface area contributed by atoms with E-state index >= 15 is 0 Å². The van der Waals surface area contributed by atoms with Crippen LogP contribution in [0.2, 0.25) is 11.6 Å². The van der Waals surface area contributed by atoms with Gasteiger partial charge in [0, 0.05) is 6.61 Å². The molecule has 2 unspecified atom stereocenters. The molecule has 3 heteroatoms. The van der Waals surface area contributed by atoms with Crippen LogP contribution in [-0.4, -0.2) is 21.4 Å². The van der Waals surface area contributed by atoms with E-state index in [-0.39, 0.29) is 0 Å². The molecule has 0 amide bonds. The Morgan fingerprint density at radius 2 is 2.36 bits per heavy atom. The minimum Gasteiger partial charge on any atom is -0.420 e. The summed E-state index contributed by atoms with van der Waals surface area (Å²) in [5, 5.41) is 0. The topological polar surface area (TPSA) is 9.23 Å². The van der Waals surface area contributed by atoms with Crippen molar-refractivity contribution >= 4 is 21.7 Å². The first-order valence-electron chi connectivity index (χ1n) is 4.61. The zero-order chi connectivity index (χ0) is 8.10. The van der Waals surface area contributed by atoms with Crippen LogP contribution in [0.1, 0.15) is 26.2 Å². The fourth-order valence-corrected chi connectivity index (χ4v) is 5.44. The van der Waals surface area contributed by atoms with Crippen molar-refractivity contribution in [2.24, 2.45) is 0 Å². The fourth-order valence-electron chi connectivity index (χ4n) is 1.65. The van der Waals surface area contributed by atoms with Gasteiger partial charge in [0.2, 0.25) is 0 Å². The maximum atomic E-state index is 5.81. The predicted molar refractivity (Wildman–Crippen MR) is 55.0 cm³/mol. The third kappa shape index (κ3) is 2.80. The van der Waals surface area contributed by atoms with Gasteiger partial charge >= 0.3 is 0 Å². The Morgan fingerprint density at radius 3 is 2.82 bits per heavy atom. The average molecular weight is 190 g/mol. The van der Waals surface area contributed by atoms with Crippen LogP contribution in [0, 0.1) is 0 Å². The molecule has 0 spiro atoms. The molecule has 0 aliphatic carbocycles. The molecule has 11 heavy (non-hydrogen) atoms. The monoisotopic (exact) mass is 190 g/mol. The summed E-state index contributed by atoms with van der Waals surface area (Å²) in [5.74, 6) is 1.04. The van der Waals surface area contributed by atoms with Crippen molar-refractivity contribution in [2.45, 2.75) is 37.8 Å². The summed E-state index contributed by atoms with van der Waals surface area (Å²) in [5.41, 5.74) is 0.818. The zero-order valence-corrected chi connectivity index (χ0v) is 9.30. The highest BCUT2D eigenvalue weighted by atomic mass is 32.1. The second-order valence-corrected chi connectivity index (χ2v) is 6.55. The van der Waals surface area contributed by atoms with Gasteiger partial charge in [0.05, 0.1) is 0 Å². The van der Waals surface area contributed by atoms with Gasteiger partial charge in [-0.2, -0.15) is 12.6 Å². The maximum Gasteiger partial charge on any atom is 0.180 e. The summed E-state index contributed by atoms with van der Waals surface area (Å²) < 4.78 is 5.81. The first-order valence-corrected chi connectivity index (χ1v) is 7.19. The Kier molecular flexibility index (Phi) is 4.56. The van der Waals surface area contributed by atoms with Gasteiger partial charge in [-0.25, -0.2) is 0 Å². The van der Waals surface area contributed by atoms with Gasteiger partial charge in [0.15, 0.2) is 9.04 Å². The molecule has 2 atom stereocenters. The molecule has 0 aromatic heterocycles. The maximum absolute atomic E-state index is 5.81. The van der Waals surface area contributed by atoms with Crippen LogP contribution in [0.3, 0.4) is 0 Å². The molecule has 0 bridgehead atoms. The quantitative estimate of drug-likeness (QED) is 0.530. The highest BCUT2D eigenvalue weighted by Crippen LogP contribution is 2.25. The minimum atomic E-state index is -0.818. The molecule has 1 saturated heterocycles. The predicted octanol–water partition coefficient (Wildman–Crippen LogP) is 2.23. The van der Waals surface area contributed by atoms with Crippen LogP contribution in [0.25, 0.3) is 0 Å². The van der Waals surface area contributed by atoms with E-state index in [4.69, 9.17) is 4.43 Å². The van der Waals surface area contributed by atoms with E-state index in [1.807, 2.05) is 0 Å². The van der Waals surface area contributed by atoms with Crippen LogP contribution in [-0.2, 0) is 4.43 Å². The molecule has 66 valence electrons. The summed E-state index contributed by atoms with van der Waals surface area (Å²) in [6.45, 7) is 3.28. The molecule has 0 aromatic carbocycles. The van der Waals surface area contributed by atoms with Gasteiger partial charge < -0.3 is 4.43 Å². The van der Waals surface area contributed by atoms with Gasteiger partial charge in [-0.3, -0.25) is 0 Å². The summed E-state index contributed by atoms with van der Waals surface area (Å²) in [4.78, 5) is 0. The summed E-state index contributed by atoms with van der Waals surface area (Å²) in [7, 11) is -0.818. The van der Waals surface area contributed by atoms with Crippen LogP contribution in [0.4, 0.5) is 0 Å². The highest BCUT2D eigenvalue weighted by molar-refractivity contribution is 7.80. The molecule has 1 heterocycles. The lowest BCUT2D eigenvalue weighted by Gasteiger charge is -2.27. The normalized spacial score (nSPS) is 28.4. The smallest absolute Gasteiger partial charge is 0.180 e. The molecule has 0 radical (unpaired) electrons. The van der Waals surface area contributed by atoms with Gasteiger partial charge in [0.25, 0.3) is 0 Å². The first-order chi connectivity index (χ1) is 5.38. The lowest BCUT2D eigenvalue weighted by molar-refractivity contribution is 0.280. The molecule has 1 rings (SSSR count). The average Bonchev–Trinajstić information content (AvgIpc) is 2.09. The van der Waals surface area contributed by atoms with Gasteiger partial charge in [-0.15, -0.1) is 0 Å². The Bertz CT molecular complexity index is 100. The van der Waals surface area contributed by atoms with Crippen LogP contribution < -0.4 is 0 Å². The molecule has 1 fully saturated rings. The van der Waals surface area contributed by atoms with Crippen LogP contribution >= 0.6 is 12.6 Å².